The third-order valence-corrected chi connectivity index (χ3v) is 5.69. The van der Waals surface area contributed by atoms with Crippen molar-refractivity contribution in [3.63, 3.8) is 0 Å². The Kier molecular flexibility index (Phi) is 3.70. The lowest BCUT2D eigenvalue weighted by molar-refractivity contribution is -0.0447. The van der Waals surface area contributed by atoms with Crippen molar-refractivity contribution < 1.29 is 5.11 Å². The SMILES string of the molecule is CC1C=C[C@@H]1[C@@H]1NN[C@@H]1[C@@H](C)[C@@H](C)NC1CC(C)(O)C1. The van der Waals surface area contributed by atoms with E-state index in [9.17, 15) is 5.11 Å². The highest BCUT2D eigenvalue weighted by Crippen LogP contribution is 2.35. The average Bonchev–Trinajstić information content (AvgIpc) is 2.29. The van der Waals surface area contributed by atoms with E-state index in [1.165, 1.54) is 0 Å². The van der Waals surface area contributed by atoms with Crippen molar-refractivity contribution in [3.8, 4) is 0 Å². The molecule has 4 heteroatoms. The summed E-state index contributed by atoms with van der Waals surface area (Å²) in [5.74, 6) is 1.96. The number of nitrogens with one attached hydrogen (secondary N) is 3. The van der Waals surface area contributed by atoms with Gasteiger partial charge < -0.3 is 10.4 Å². The fourth-order valence-electron chi connectivity index (χ4n) is 3.93. The summed E-state index contributed by atoms with van der Waals surface area (Å²) in [5.41, 5.74) is 6.35. The highest BCUT2D eigenvalue weighted by atomic mass is 16.3. The number of rotatable bonds is 5. The van der Waals surface area contributed by atoms with E-state index in [0.29, 0.717) is 41.9 Å². The van der Waals surface area contributed by atoms with E-state index < -0.39 is 5.60 Å². The molecule has 114 valence electrons. The number of hydrogen-bond acceptors (Lipinski definition) is 4. The van der Waals surface area contributed by atoms with E-state index in [1.54, 1.807) is 0 Å². The molecule has 3 aliphatic rings. The smallest absolute Gasteiger partial charge is 0.0649 e. The molecule has 0 aromatic rings. The summed E-state index contributed by atoms with van der Waals surface area (Å²) in [6.07, 6.45) is 6.40. The third kappa shape index (κ3) is 2.54. The van der Waals surface area contributed by atoms with Gasteiger partial charge in [0.15, 0.2) is 0 Å². The summed E-state index contributed by atoms with van der Waals surface area (Å²) in [6, 6.07) is 2.06. The van der Waals surface area contributed by atoms with Gasteiger partial charge in [0.1, 0.15) is 0 Å². The summed E-state index contributed by atoms with van der Waals surface area (Å²) in [7, 11) is 0. The summed E-state index contributed by atoms with van der Waals surface area (Å²) < 4.78 is 0. The number of hydrazine groups is 1. The largest absolute Gasteiger partial charge is 0.390 e. The molecule has 0 bridgehead atoms. The van der Waals surface area contributed by atoms with Crippen molar-refractivity contribution in [2.24, 2.45) is 17.8 Å². The molecule has 4 nitrogen and oxygen atoms in total. The van der Waals surface area contributed by atoms with Gasteiger partial charge in [0.25, 0.3) is 0 Å². The molecule has 1 unspecified atom stereocenters. The van der Waals surface area contributed by atoms with Crippen LogP contribution in [0.4, 0.5) is 0 Å². The number of hydrogen-bond donors (Lipinski definition) is 4. The fourth-order valence-corrected chi connectivity index (χ4v) is 3.93. The molecule has 20 heavy (non-hydrogen) atoms. The summed E-state index contributed by atoms with van der Waals surface area (Å²) >= 11 is 0. The summed E-state index contributed by atoms with van der Waals surface area (Å²) in [4.78, 5) is 0. The van der Waals surface area contributed by atoms with Crippen LogP contribution in [0.25, 0.3) is 0 Å². The highest BCUT2D eigenvalue weighted by Gasteiger charge is 2.45. The molecule has 0 aromatic carbocycles. The Morgan fingerprint density at radius 3 is 2.35 bits per heavy atom. The van der Waals surface area contributed by atoms with Gasteiger partial charge in [-0.2, -0.15) is 0 Å². The van der Waals surface area contributed by atoms with Gasteiger partial charge in [-0.1, -0.05) is 26.0 Å². The zero-order chi connectivity index (χ0) is 14.5. The van der Waals surface area contributed by atoms with Gasteiger partial charge in [-0.25, -0.2) is 0 Å². The Morgan fingerprint density at radius 2 is 1.95 bits per heavy atom. The normalized spacial score (nSPS) is 49.8. The second-order valence-electron chi connectivity index (χ2n) is 7.58. The Morgan fingerprint density at radius 1 is 1.25 bits per heavy atom. The van der Waals surface area contributed by atoms with Crippen molar-refractivity contribution in [3.05, 3.63) is 12.2 Å². The molecule has 1 heterocycles. The number of allylic oxidation sites excluding steroid dienone is 1. The van der Waals surface area contributed by atoms with Crippen LogP contribution < -0.4 is 16.2 Å². The first kappa shape index (κ1) is 14.5. The van der Waals surface area contributed by atoms with Crippen LogP contribution in [0.3, 0.4) is 0 Å². The second kappa shape index (κ2) is 5.09. The molecule has 6 atom stereocenters. The van der Waals surface area contributed by atoms with Gasteiger partial charge in [0.05, 0.1) is 5.60 Å². The molecule has 0 aromatic heterocycles. The molecular weight excluding hydrogens is 250 g/mol. The topological polar surface area (TPSA) is 56.3 Å². The third-order valence-electron chi connectivity index (χ3n) is 5.69. The molecule has 0 amide bonds. The number of aliphatic hydroxyl groups is 1. The molecule has 1 aliphatic heterocycles. The van der Waals surface area contributed by atoms with Gasteiger partial charge in [-0.3, -0.25) is 10.9 Å². The molecule has 3 rings (SSSR count). The Bertz CT molecular complexity index is 387. The molecule has 2 aliphatic carbocycles. The van der Waals surface area contributed by atoms with Gasteiger partial charge in [-0.05, 0) is 38.5 Å². The molecule has 0 spiro atoms. The quantitative estimate of drug-likeness (QED) is 0.571. The van der Waals surface area contributed by atoms with Crippen molar-refractivity contribution in [2.75, 3.05) is 0 Å². The zero-order valence-electron chi connectivity index (χ0n) is 13.1. The van der Waals surface area contributed by atoms with Gasteiger partial charge in [-0.15, -0.1) is 0 Å². The minimum absolute atomic E-state index is 0.439. The van der Waals surface area contributed by atoms with Gasteiger partial charge in [0, 0.05) is 30.1 Å². The van der Waals surface area contributed by atoms with Gasteiger partial charge in [0.2, 0.25) is 0 Å². The van der Waals surface area contributed by atoms with Crippen LogP contribution in [0.1, 0.15) is 40.5 Å². The first-order chi connectivity index (χ1) is 9.37. The van der Waals surface area contributed by atoms with Crippen molar-refractivity contribution in [1.82, 2.24) is 16.2 Å². The molecule has 0 radical (unpaired) electrons. The van der Waals surface area contributed by atoms with E-state index in [4.69, 9.17) is 0 Å². The zero-order valence-corrected chi connectivity index (χ0v) is 13.1. The second-order valence-corrected chi connectivity index (χ2v) is 7.58. The van der Waals surface area contributed by atoms with Crippen LogP contribution in [-0.2, 0) is 0 Å². The maximum absolute atomic E-state index is 9.82. The summed E-state index contributed by atoms with van der Waals surface area (Å²) in [5, 5.41) is 13.5. The lowest BCUT2D eigenvalue weighted by Gasteiger charge is -2.51. The Labute approximate surface area is 122 Å². The van der Waals surface area contributed by atoms with Crippen molar-refractivity contribution in [2.45, 2.75) is 70.3 Å². The van der Waals surface area contributed by atoms with E-state index >= 15 is 0 Å². The first-order valence-electron chi connectivity index (χ1n) is 8.05. The monoisotopic (exact) mass is 279 g/mol. The van der Waals surface area contributed by atoms with Crippen LogP contribution in [0, 0.1) is 17.8 Å². The maximum atomic E-state index is 9.82. The van der Waals surface area contributed by atoms with E-state index in [0.717, 1.165) is 12.8 Å². The minimum Gasteiger partial charge on any atom is -0.390 e. The van der Waals surface area contributed by atoms with E-state index in [-0.39, 0.29) is 0 Å². The maximum Gasteiger partial charge on any atom is 0.0649 e. The summed E-state index contributed by atoms with van der Waals surface area (Å²) in [6.45, 7) is 8.82. The van der Waals surface area contributed by atoms with E-state index in [2.05, 4.69) is 49.1 Å². The molecule has 2 fully saturated rings. The van der Waals surface area contributed by atoms with Crippen molar-refractivity contribution in [1.29, 1.82) is 0 Å². The Balaban J connectivity index is 1.48. The molecule has 1 saturated carbocycles. The van der Waals surface area contributed by atoms with Crippen molar-refractivity contribution >= 4 is 0 Å². The fraction of sp³-hybridized carbons (Fsp3) is 0.875. The molecular formula is C16H29N3O. The van der Waals surface area contributed by atoms with Crippen LogP contribution in [0.2, 0.25) is 0 Å². The molecule has 1 saturated heterocycles. The Hall–Kier alpha value is -0.420. The van der Waals surface area contributed by atoms with Crippen LogP contribution >= 0.6 is 0 Å². The standard InChI is InChI=1S/C16H29N3O/c1-9-5-6-13(9)15-14(18-19-15)10(2)11(3)17-12-7-16(4,20)8-12/h5-6,9-15,17-20H,7-8H2,1-4H3/t9?,10-,11+,12?,13-,14+,15-,16?/m0/s1. The lowest BCUT2D eigenvalue weighted by Crippen LogP contribution is -2.74. The van der Waals surface area contributed by atoms with E-state index in [1.807, 2.05) is 6.92 Å². The average molecular weight is 279 g/mol. The minimum atomic E-state index is -0.439. The van der Waals surface area contributed by atoms with Gasteiger partial charge >= 0.3 is 0 Å². The lowest BCUT2D eigenvalue weighted by atomic mass is 9.71. The first-order valence-corrected chi connectivity index (χ1v) is 8.05. The predicted octanol–water partition coefficient (Wildman–Crippen LogP) is 1.18. The predicted molar refractivity (Wildman–Crippen MR) is 81.0 cm³/mol. The van der Waals surface area contributed by atoms with Crippen LogP contribution in [0.15, 0.2) is 12.2 Å². The highest BCUT2D eigenvalue weighted by molar-refractivity contribution is 5.16. The van der Waals surface area contributed by atoms with Crippen LogP contribution in [-0.4, -0.2) is 34.9 Å². The van der Waals surface area contributed by atoms with Crippen LogP contribution in [0.5, 0.6) is 0 Å². The molecule has 4 N–H and O–H groups in total.